The third-order valence-corrected chi connectivity index (χ3v) is 8.52. The lowest BCUT2D eigenvalue weighted by Gasteiger charge is -2.48. The number of carbonyl (C=O) groups excluding carboxylic acids is 2. The molecule has 2 saturated heterocycles. The van der Waals surface area contributed by atoms with E-state index in [2.05, 4.69) is 10.6 Å². The maximum Gasteiger partial charge on any atom is 0.328 e. The van der Waals surface area contributed by atoms with Gasteiger partial charge in [-0.25, -0.2) is 9.18 Å². The van der Waals surface area contributed by atoms with Crippen LogP contribution >= 0.6 is 11.6 Å². The molecular formula is C27H30ClFN4O3. The van der Waals surface area contributed by atoms with Crippen LogP contribution in [0.15, 0.2) is 36.4 Å². The highest BCUT2D eigenvalue weighted by molar-refractivity contribution is 6.31. The fraction of sp³-hybridized carbons (Fsp3) is 0.481. The maximum atomic E-state index is 14.3. The number of phenols is 1. The average Bonchev–Trinajstić information content (AvgIpc) is 3.58. The van der Waals surface area contributed by atoms with Crippen LogP contribution in [-0.2, 0) is 4.79 Å². The molecule has 6 rings (SSSR count). The van der Waals surface area contributed by atoms with Gasteiger partial charge >= 0.3 is 6.03 Å². The predicted octanol–water partition coefficient (Wildman–Crippen LogP) is 4.62. The molecule has 2 aromatic rings. The second kappa shape index (κ2) is 8.63. The number of nitrogens with zero attached hydrogens (tertiary/aromatic N) is 2. The van der Waals surface area contributed by atoms with E-state index in [0.29, 0.717) is 25.1 Å². The van der Waals surface area contributed by atoms with Crippen molar-refractivity contribution < 1.29 is 19.1 Å². The van der Waals surface area contributed by atoms with E-state index in [9.17, 15) is 19.1 Å². The van der Waals surface area contributed by atoms with E-state index in [4.69, 9.17) is 11.6 Å². The number of hydrogen-bond acceptors (Lipinski definition) is 5. The smallest absolute Gasteiger partial charge is 0.328 e. The summed E-state index contributed by atoms with van der Waals surface area (Å²) in [6.45, 7) is 3.92. The van der Waals surface area contributed by atoms with E-state index < -0.39 is 17.4 Å². The number of benzene rings is 2. The monoisotopic (exact) mass is 512 g/mol. The number of halogens is 2. The Morgan fingerprint density at radius 1 is 1.25 bits per heavy atom. The van der Waals surface area contributed by atoms with Crippen LogP contribution in [0.25, 0.3) is 0 Å². The van der Waals surface area contributed by atoms with Crippen LogP contribution in [0.5, 0.6) is 5.75 Å². The van der Waals surface area contributed by atoms with Crippen molar-refractivity contribution in [2.45, 2.75) is 56.1 Å². The fourth-order valence-corrected chi connectivity index (χ4v) is 6.45. The van der Waals surface area contributed by atoms with Gasteiger partial charge in [-0.2, -0.15) is 0 Å². The van der Waals surface area contributed by atoms with Gasteiger partial charge in [0.2, 0.25) is 0 Å². The molecule has 0 radical (unpaired) electrons. The number of fused-ring (bicyclic) bond motifs is 4. The lowest BCUT2D eigenvalue weighted by Crippen LogP contribution is -2.58. The second-order valence-electron chi connectivity index (χ2n) is 10.8. The van der Waals surface area contributed by atoms with Gasteiger partial charge in [0.25, 0.3) is 5.91 Å². The maximum absolute atomic E-state index is 14.3. The molecule has 190 valence electrons. The number of anilines is 1. The van der Waals surface area contributed by atoms with Gasteiger partial charge in [-0.3, -0.25) is 9.69 Å². The summed E-state index contributed by atoms with van der Waals surface area (Å²) < 4.78 is 14.3. The molecule has 1 aliphatic carbocycles. The zero-order chi connectivity index (χ0) is 25.2. The Bertz CT molecular complexity index is 1240. The van der Waals surface area contributed by atoms with Crippen molar-refractivity contribution in [2.24, 2.45) is 5.92 Å². The van der Waals surface area contributed by atoms with Gasteiger partial charge in [0.1, 0.15) is 17.1 Å². The number of piperidine rings is 1. The van der Waals surface area contributed by atoms with Crippen LogP contribution in [0.4, 0.5) is 14.9 Å². The highest BCUT2D eigenvalue weighted by atomic mass is 35.5. The first kappa shape index (κ1) is 23.6. The quantitative estimate of drug-likeness (QED) is 0.372. The largest absolute Gasteiger partial charge is 0.508 e. The van der Waals surface area contributed by atoms with E-state index in [-0.39, 0.29) is 34.7 Å². The standard InChI is InChI=1S/C27H30ClFN4O3/c1-27-13-19-18-11-20(28)21(29)12-22(18)31-23(19)24(16-4-2-5-17(34)10-16)33(27)26(36)32(25(27)35)9-3-8-30-14-15-6-7-15/h2,4-5,10-12,15,19,23-24,30-31,34H,3,6-9,13-14H2,1H3/t19?,23?,24-,27+/m1/s1. The zero-order valence-corrected chi connectivity index (χ0v) is 20.9. The van der Waals surface area contributed by atoms with Crippen LogP contribution in [0, 0.1) is 11.7 Å². The number of amides is 3. The highest BCUT2D eigenvalue weighted by Crippen LogP contribution is 2.56. The van der Waals surface area contributed by atoms with Crippen molar-refractivity contribution in [1.82, 2.24) is 15.1 Å². The minimum Gasteiger partial charge on any atom is -0.508 e. The van der Waals surface area contributed by atoms with E-state index in [1.807, 2.05) is 13.0 Å². The summed E-state index contributed by atoms with van der Waals surface area (Å²) in [4.78, 5) is 30.7. The molecule has 36 heavy (non-hydrogen) atoms. The Hall–Kier alpha value is -2.84. The number of hydrogen-bond donors (Lipinski definition) is 3. The molecule has 2 aromatic carbocycles. The second-order valence-corrected chi connectivity index (χ2v) is 11.2. The van der Waals surface area contributed by atoms with Crippen molar-refractivity contribution in [1.29, 1.82) is 0 Å². The summed E-state index contributed by atoms with van der Waals surface area (Å²) in [6.07, 6.45) is 3.64. The summed E-state index contributed by atoms with van der Waals surface area (Å²) in [5.41, 5.74) is 1.12. The van der Waals surface area contributed by atoms with Gasteiger partial charge in [-0.1, -0.05) is 23.7 Å². The van der Waals surface area contributed by atoms with Crippen molar-refractivity contribution in [3.63, 3.8) is 0 Å². The summed E-state index contributed by atoms with van der Waals surface area (Å²) in [7, 11) is 0. The summed E-state index contributed by atoms with van der Waals surface area (Å²) in [6, 6.07) is 8.65. The zero-order valence-electron chi connectivity index (χ0n) is 20.1. The van der Waals surface area contributed by atoms with Crippen LogP contribution in [0.1, 0.15) is 55.7 Å². The molecule has 7 nitrogen and oxygen atoms in total. The number of aromatic hydroxyl groups is 1. The normalized spacial score (nSPS) is 28.7. The molecule has 0 spiro atoms. The van der Waals surface area contributed by atoms with E-state index in [1.54, 1.807) is 29.2 Å². The van der Waals surface area contributed by atoms with Gasteiger partial charge in [-0.15, -0.1) is 0 Å². The summed E-state index contributed by atoms with van der Waals surface area (Å²) >= 11 is 6.14. The lowest BCUT2D eigenvalue weighted by molar-refractivity contribution is -0.135. The number of rotatable bonds is 7. The third kappa shape index (κ3) is 3.73. The van der Waals surface area contributed by atoms with Gasteiger partial charge in [0.05, 0.1) is 17.1 Å². The Kier molecular flexibility index (Phi) is 5.64. The molecular weight excluding hydrogens is 483 g/mol. The first-order chi connectivity index (χ1) is 17.3. The number of nitrogens with one attached hydrogen (secondary N) is 2. The van der Waals surface area contributed by atoms with Crippen molar-refractivity contribution in [3.8, 4) is 5.75 Å². The Morgan fingerprint density at radius 2 is 2.06 bits per heavy atom. The van der Waals surface area contributed by atoms with Crippen LogP contribution in [0.2, 0.25) is 5.02 Å². The minimum atomic E-state index is -1.07. The molecule has 2 unspecified atom stereocenters. The number of urea groups is 1. The molecule has 3 N–H and O–H groups in total. The van der Waals surface area contributed by atoms with Crippen LogP contribution in [-0.4, -0.2) is 58.1 Å². The van der Waals surface area contributed by atoms with E-state index in [1.165, 1.54) is 23.8 Å². The average molecular weight is 513 g/mol. The summed E-state index contributed by atoms with van der Waals surface area (Å²) in [5.74, 6) is -0.0374. The Morgan fingerprint density at radius 3 is 2.81 bits per heavy atom. The van der Waals surface area contributed by atoms with Gasteiger partial charge in [-0.05, 0) is 87.0 Å². The molecule has 9 heteroatoms. The van der Waals surface area contributed by atoms with Crippen molar-refractivity contribution in [3.05, 3.63) is 58.4 Å². The number of phenolic OH excluding ortho intramolecular Hbond substituents is 1. The first-order valence-electron chi connectivity index (χ1n) is 12.7. The highest BCUT2D eigenvalue weighted by Gasteiger charge is 2.63. The van der Waals surface area contributed by atoms with Crippen molar-refractivity contribution in [2.75, 3.05) is 25.0 Å². The fourth-order valence-electron chi connectivity index (χ4n) is 6.28. The molecule has 3 aliphatic heterocycles. The minimum absolute atomic E-state index is 0.0341. The van der Waals surface area contributed by atoms with E-state index in [0.717, 1.165) is 30.1 Å². The van der Waals surface area contributed by atoms with Gasteiger partial charge < -0.3 is 20.6 Å². The third-order valence-electron chi connectivity index (χ3n) is 8.23. The molecule has 1 saturated carbocycles. The molecule has 4 aliphatic rings. The number of imide groups is 1. The molecule has 4 atom stereocenters. The van der Waals surface area contributed by atoms with Gasteiger partial charge in [0.15, 0.2) is 0 Å². The van der Waals surface area contributed by atoms with Gasteiger partial charge in [0, 0.05) is 18.2 Å². The topological polar surface area (TPSA) is 84.9 Å². The molecule has 0 aromatic heterocycles. The summed E-state index contributed by atoms with van der Waals surface area (Å²) in [5, 5.41) is 17.1. The SMILES string of the molecule is C[C@@]12CC3c4cc(Cl)c(F)cc4NC3[C@@H](c3cccc(O)c3)N1C(=O)N(CCCNCC1CC1)C2=O. The molecule has 3 amide bonds. The lowest BCUT2D eigenvalue weighted by atomic mass is 9.72. The molecule has 3 fully saturated rings. The predicted molar refractivity (Wildman–Crippen MR) is 135 cm³/mol. The molecule has 3 heterocycles. The first-order valence-corrected chi connectivity index (χ1v) is 13.1. The van der Waals surface area contributed by atoms with Crippen LogP contribution < -0.4 is 10.6 Å². The number of carbonyl (C=O) groups is 2. The van der Waals surface area contributed by atoms with Crippen molar-refractivity contribution >= 4 is 29.2 Å². The Labute approximate surface area is 214 Å². The van der Waals surface area contributed by atoms with Crippen LogP contribution in [0.3, 0.4) is 0 Å². The molecule has 0 bridgehead atoms. The Balaban J connectivity index is 1.34. The van der Waals surface area contributed by atoms with E-state index >= 15 is 0 Å².